The molecule has 0 atom stereocenters. The molecule has 20 heavy (non-hydrogen) atoms. The van der Waals surface area contributed by atoms with Crippen LogP contribution in [-0.2, 0) is 4.79 Å². The summed E-state index contributed by atoms with van der Waals surface area (Å²) in [5.74, 6) is -1.40. The molecule has 0 aliphatic rings. The predicted molar refractivity (Wildman–Crippen MR) is 74.7 cm³/mol. The van der Waals surface area contributed by atoms with Crippen LogP contribution in [0.1, 0.15) is 0 Å². The highest BCUT2D eigenvalue weighted by Gasteiger charge is 2.11. The van der Waals surface area contributed by atoms with Gasteiger partial charge in [-0.3, -0.25) is 4.79 Å². The van der Waals surface area contributed by atoms with Crippen LogP contribution in [0.5, 0.6) is 0 Å². The van der Waals surface area contributed by atoms with Crippen molar-refractivity contribution in [2.45, 2.75) is 0 Å². The molecule has 104 valence electrons. The molecule has 2 rings (SSSR count). The number of nitrogens with zero attached hydrogens (tertiary/aromatic N) is 1. The Hall–Kier alpha value is -2.43. The molecule has 0 saturated heterocycles. The zero-order valence-corrected chi connectivity index (χ0v) is 10.9. The lowest BCUT2D eigenvalue weighted by atomic mass is 10.3. The van der Waals surface area contributed by atoms with Crippen molar-refractivity contribution in [2.75, 3.05) is 23.8 Å². The third-order valence-corrected chi connectivity index (χ3v) is 2.88. The van der Waals surface area contributed by atoms with Crippen molar-refractivity contribution in [2.24, 2.45) is 0 Å². The first-order valence-corrected chi connectivity index (χ1v) is 6.08. The number of hydrogen-bond donors (Lipinski definition) is 1. The lowest BCUT2D eigenvalue weighted by molar-refractivity contribution is -0.116. The summed E-state index contributed by atoms with van der Waals surface area (Å²) in [6.07, 6.45) is 0. The van der Waals surface area contributed by atoms with E-state index in [1.807, 2.05) is 18.2 Å². The van der Waals surface area contributed by atoms with E-state index in [-0.39, 0.29) is 18.1 Å². The molecule has 5 heteroatoms. The van der Waals surface area contributed by atoms with E-state index in [9.17, 15) is 13.6 Å². The van der Waals surface area contributed by atoms with E-state index >= 15 is 0 Å². The zero-order chi connectivity index (χ0) is 14.5. The molecule has 0 aliphatic heterocycles. The molecule has 0 fully saturated rings. The number of benzene rings is 2. The van der Waals surface area contributed by atoms with Crippen LogP contribution in [0.25, 0.3) is 0 Å². The molecule has 0 bridgehead atoms. The van der Waals surface area contributed by atoms with E-state index in [0.717, 1.165) is 23.9 Å². The largest absolute Gasteiger partial charge is 0.374 e. The van der Waals surface area contributed by atoms with Crippen molar-refractivity contribution < 1.29 is 13.6 Å². The number of rotatable bonds is 4. The normalized spacial score (nSPS) is 10.2. The molecule has 0 radical (unpaired) electrons. The molecule has 2 aromatic rings. The molecule has 0 aromatic heterocycles. The molecule has 0 unspecified atom stereocenters. The van der Waals surface area contributed by atoms with E-state index in [0.29, 0.717) is 0 Å². The Morgan fingerprint density at radius 1 is 1.15 bits per heavy atom. The van der Waals surface area contributed by atoms with Gasteiger partial charge in [0.05, 0.1) is 12.2 Å². The second kappa shape index (κ2) is 6.14. The molecular weight excluding hydrogens is 262 g/mol. The highest BCUT2D eigenvalue weighted by molar-refractivity contribution is 5.95. The number of likely N-dealkylation sites (N-methyl/N-ethyl adjacent to an activating group) is 1. The van der Waals surface area contributed by atoms with E-state index in [1.54, 1.807) is 19.2 Å². The van der Waals surface area contributed by atoms with Crippen LogP contribution in [0, 0.1) is 11.6 Å². The number of nitrogens with one attached hydrogen (secondary N) is 1. The minimum Gasteiger partial charge on any atom is -0.374 e. The lowest BCUT2D eigenvalue weighted by Crippen LogP contribution is -2.32. The first kappa shape index (κ1) is 14.0. The van der Waals surface area contributed by atoms with Crippen molar-refractivity contribution in [3.63, 3.8) is 0 Å². The minimum absolute atomic E-state index is 0.0280. The summed E-state index contributed by atoms with van der Waals surface area (Å²) in [5, 5.41) is 2.60. The number of carbonyl (C=O) groups is 1. The summed E-state index contributed by atoms with van der Waals surface area (Å²) >= 11 is 0. The molecule has 0 heterocycles. The third kappa shape index (κ3) is 3.32. The molecule has 0 spiro atoms. The standard InChI is InChI=1S/C15H14F2N2O/c1-19(12-5-3-2-4-6-12)15(20)10-18-14-9-11(16)7-8-13(14)17/h2-9,18H,10H2,1H3. The Morgan fingerprint density at radius 3 is 2.55 bits per heavy atom. The number of hydrogen-bond acceptors (Lipinski definition) is 2. The molecule has 0 saturated carbocycles. The molecule has 1 amide bonds. The molecule has 2 aromatic carbocycles. The number of anilines is 2. The van der Waals surface area contributed by atoms with E-state index < -0.39 is 11.6 Å². The Bertz CT molecular complexity index is 602. The van der Waals surface area contributed by atoms with Gasteiger partial charge in [-0.2, -0.15) is 0 Å². The maximum atomic E-state index is 13.4. The summed E-state index contributed by atoms with van der Waals surface area (Å²) in [6.45, 7) is -0.119. The van der Waals surface area contributed by atoms with Gasteiger partial charge in [0.15, 0.2) is 0 Å². The quantitative estimate of drug-likeness (QED) is 0.931. The Morgan fingerprint density at radius 2 is 1.85 bits per heavy atom. The Kier molecular flexibility index (Phi) is 4.30. The van der Waals surface area contributed by atoms with Gasteiger partial charge in [-0.15, -0.1) is 0 Å². The molecule has 0 aliphatic carbocycles. The molecule has 1 N–H and O–H groups in total. The average molecular weight is 276 g/mol. The smallest absolute Gasteiger partial charge is 0.246 e. The van der Waals surface area contributed by atoms with Crippen molar-refractivity contribution in [3.8, 4) is 0 Å². The van der Waals surface area contributed by atoms with E-state index in [4.69, 9.17) is 0 Å². The highest BCUT2D eigenvalue weighted by Crippen LogP contribution is 2.16. The van der Waals surface area contributed by atoms with Crippen molar-refractivity contribution in [1.82, 2.24) is 0 Å². The minimum atomic E-state index is -0.596. The summed E-state index contributed by atoms with van der Waals surface area (Å²) < 4.78 is 26.4. The van der Waals surface area contributed by atoms with E-state index in [1.165, 1.54) is 4.90 Å². The second-order valence-corrected chi connectivity index (χ2v) is 4.27. The maximum absolute atomic E-state index is 13.4. The number of halogens is 2. The monoisotopic (exact) mass is 276 g/mol. The van der Waals surface area contributed by atoms with Gasteiger partial charge in [0, 0.05) is 12.7 Å². The summed E-state index contributed by atoms with van der Waals surface area (Å²) in [6, 6.07) is 12.1. The number of carbonyl (C=O) groups excluding carboxylic acids is 1. The van der Waals surface area contributed by atoms with Crippen LogP contribution in [-0.4, -0.2) is 19.5 Å². The van der Waals surface area contributed by atoms with Crippen molar-refractivity contribution >= 4 is 17.3 Å². The number of para-hydroxylation sites is 1. The molecule has 3 nitrogen and oxygen atoms in total. The first-order valence-electron chi connectivity index (χ1n) is 6.08. The van der Waals surface area contributed by atoms with Crippen LogP contribution in [0.2, 0.25) is 0 Å². The fourth-order valence-corrected chi connectivity index (χ4v) is 1.72. The van der Waals surface area contributed by atoms with E-state index in [2.05, 4.69) is 5.32 Å². The highest BCUT2D eigenvalue weighted by atomic mass is 19.1. The fraction of sp³-hybridized carbons (Fsp3) is 0.133. The van der Waals surface area contributed by atoms with Crippen LogP contribution < -0.4 is 10.2 Å². The second-order valence-electron chi connectivity index (χ2n) is 4.27. The van der Waals surface area contributed by atoms with Gasteiger partial charge >= 0.3 is 0 Å². The van der Waals surface area contributed by atoms with Crippen LogP contribution in [0.4, 0.5) is 20.2 Å². The molecular formula is C15H14F2N2O. The predicted octanol–water partition coefficient (Wildman–Crippen LogP) is 3.04. The van der Waals surface area contributed by atoms with Crippen LogP contribution >= 0.6 is 0 Å². The van der Waals surface area contributed by atoms with Gasteiger partial charge in [-0.1, -0.05) is 18.2 Å². The van der Waals surface area contributed by atoms with Crippen LogP contribution in [0.3, 0.4) is 0 Å². The Balaban J connectivity index is 2.00. The van der Waals surface area contributed by atoms with Gasteiger partial charge in [-0.05, 0) is 30.3 Å². The van der Waals surface area contributed by atoms with Crippen LogP contribution in [0.15, 0.2) is 48.5 Å². The van der Waals surface area contributed by atoms with Gasteiger partial charge < -0.3 is 10.2 Å². The van der Waals surface area contributed by atoms with Gasteiger partial charge in [-0.25, -0.2) is 8.78 Å². The topological polar surface area (TPSA) is 32.3 Å². The van der Waals surface area contributed by atoms with Gasteiger partial charge in [0.1, 0.15) is 11.6 Å². The Labute approximate surface area is 115 Å². The SMILES string of the molecule is CN(C(=O)CNc1cc(F)ccc1F)c1ccccc1. The van der Waals surface area contributed by atoms with Gasteiger partial charge in [0.2, 0.25) is 5.91 Å². The fourth-order valence-electron chi connectivity index (χ4n) is 1.72. The summed E-state index contributed by atoms with van der Waals surface area (Å²) in [5.41, 5.74) is 0.707. The summed E-state index contributed by atoms with van der Waals surface area (Å²) in [7, 11) is 1.63. The van der Waals surface area contributed by atoms with Crippen molar-refractivity contribution in [3.05, 3.63) is 60.2 Å². The first-order chi connectivity index (χ1) is 9.58. The average Bonchev–Trinajstić information content (AvgIpc) is 2.48. The maximum Gasteiger partial charge on any atom is 0.246 e. The summed E-state index contributed by atoms with van der Waals surface area (Å²) in [4.78, 5) is 13.4. The zero-order valence-electron chi connectivity index (χ0n) is 10.9. The lowest BCUT2D eigenvalue weighted by Gasteiger charge is -2.18. The van der Waals surface area contributed by atoms with Gasteiger partial charge in [0.25, 0.3) is 0 Å². The van der Waals surface area contributed by atoms with Crippen molar-refractivity contribution in [1.29, 1.82) is 0 Å². The number of amides is 1. The third-order valence-electron chi connectivity index (χ3n) is 2.88.